The summed E-state index contributed by atoms with van der Waals surface area (Å²) in [5.41, 5.74) is 0. The molecule has 26 heavy (non-hydrogen) atoms. The molecule has 0 spiro atoms. The average molecular weight is 367 g/mol. The zero-order chi connectivity index (χ0) is 18.9. The van der Waals surface area contributed by atoms with Gasteiger partial charge in [-0.15, -0.1) is 0 Å². The lowest BCUT2D eigenvalue weighted by molar-refractivity contribution is 0.135. The highest BCUT2D eigenvalue weighted by Gasteiger charge is 2.46. The highest BCUT2D eigenvalue weighted by atomic mass is 16.3. The highest BCUT2D eigenvalue weighted by Crippen LogP contribution is 2.41. The summed E-state index contributed by atoms with van der Waals surface area (Å²) in [4.78, 5) is 2.26. The van der Waals surface area contributed by atoms with E-state index in [-0.39, 0.29) is 18.1 Å². The molecule has 0 aromatic carbocycles. The van der Waals surface area contributed by atoms with Crippen molar-refractivity contribution in [3.63, 3.8) is 0 Å². The number of fused-ring (bicyclic) bond motifs is 1. The van der Waals surface area contributed by atoms with Gasteiger partial charge in [0.15, 0.2) is 0 Å². The van der Waals surface area contributed by atoms with Crippen molar-refractivity contribution in [2.75, 3.05) is 20.6 Å². The Morgan fingerprint density at radius 3 is 2.65 bits per heavy atom. The van der Waals surface area contributed by atoms with Gasteiger partial charge in [0.1, 0.15) is 0 Å². The standard InChI is InChI=1S/C22H42N2O2/c1-4-5-7-11-18(25)12-13-19-20-15-17(23-21(20)16-22(19)26)10-8-6-9-14-24(2)3/h12-13,17-23,25-26H,4-11,14-16H2,1-3H3/b13-12+/t17-,18-,19+,20+,21-,22+/m0/s1. The molecule has 1 aliphatic carbocycles. The first-order valence-electron chi connectivity index (χ1n) is 11.0. The lowest BCUT2D eigenvalue weighted by Gasteiger charge is -2.19. The number of unbranched alkanes of at least 4 members (excludes halogenated alkanes) is 4. The Hall–Kier alpha value is -0.420. The molecule has 4 nitrogen and oxygen atoms in total. The lowest BCUT2D eigenvalue weighted by atomic mass is 9.89. The molecule has 0 unspecified atom stereocenters. The van der Waals surface area contributed by atoms with Crippen LogP contribution in [0.5, 0.6) is 0 Å². The van der Waals surface area contributed by atoms with Crippen LogP contribution in [0.4, 0.5) is 0 Å². The number of aliphatic hydroxyl groups is 2. The summed E-state index contributed by atoms with van der Waals surface area (Å²) in [5, 5.41) is 24.3. The smallest absolute Gasteiger partial charge is 0.0721 e. The first-order chi connectivity index (χ1) is 12.5. The Bertz CT molecular complexity index is 413. The largest absolute Gasteiger partial charge is 0.392 e. The third kappa shape index (κ3) is 6.95. The fourth-order valence-electron chi connectivity index (χ4n) is 4.78. The van der Waals surface area contributed by atoms with Gasteiger partial charge in [0.2, 0.25) is 0 Å². The van der Waals surface area contributed by atoms with Crippen LogP contribution in [-0.2, 0) is 0 Å². The predicted molar refractivity (Wildman–Crippen MR) is 109 cm³/mol. The van der Waals surface area contributed by atoms with Gasteiger partial charge in [-0.1, -0.05) is 51.2 Å². The van der Waals surface area contributed by atoms with Gasteiger partial charge in [-0.3, -0.25) is 0 Å². The number of aliphatic hydroxyl groups excluding tert-OH is 2. The van der Waals surface area contributed by atoms with E-state index in [2.05, 4.69) is 37.3 Å². The van der Waals surface area contributed by atoms with Crippen molar-refractivity contribution >= 4 is 0 Å². The van der Waals surface area contributed by atoms with Crippen LogP contribution in [0.25, 0.3) is 0 Å². The maximum absolute atomic E-state index is 10.4. The Kier molecular flexibility index (Phi) is 9.62. The van der Waals surface area contributed by atoms with Crippen LogP contribution >= 0.6 is 0 Å². The van der Waals surface area contributed by atoms with E-state index in [1.807, 2.05) is 6.08 Å². The topological polar surface area (TPSA) is 55.7 Å². The van der Waals surface area contributed by atoms with Crippen molar-refractivity contribution in [3.05, 3.63) is 12.2 Å². The zero-order valence-corrected chi connectivity index (χ0v) is 17.2. The van der Waals surface area contributed by atoms with Crippen molar-refractivity contribution < 1.29 is 10.2 Å². The van der Waals surface area contributed by atoms with Gasteiger partial charge in [0.25, 0.3) is 0 Å². The summed E-state index contributed by atoms with van der Waals surface area (Å²) < 4.78 is 0. The fraction of sp³-hybridized carbons (Fsp3) is 0.909. The summed E-state index contributed by atoms with van der Waals surface area (Å²) in [6.07, 6.45) is 14.9. The van der Waals surface area contributed by atoms with Crippen LogP contribution in [0, 0.1) is 11.8 Å². The monoisotopic (exact) mass is 366 g/mol. The van der Waals surface area contributed by atoms with Crippen LogP contribution in [0.15, 0.2) is 12.2 Å². The SMILES string of the molecule is CCCCC[C@H](O)/C=C/[C@@H]1[C@H]2C[C@H](CCCCCN(C)C)N[C@H]2C[C@H]1O. The molecule has 2 rings (SSSR count). The van der Waals surface area contributed by atoms with Crippen molar-refractivity contribution in [1.29, 1.82) is 0 Å². The second-order valence-electron chi connectivity index (χ2n) is 8.85. The van der Waals surface area contributed by atoms with Crippen LogP contribution in [0.1, 0.15) is 71.1 Å². The summed E-state index contributed by atoms with van der Waals surface area (Å²) >= 11 is 0. The van der Waals surface area contributed by atoms with E-state index in [1.165, 1.54) is 51.5 Å². The van der Waals surface area contributed by atoms with Gasteiger partial charge >= 0.3 is 0 Å². The van der Waals surface area contributed by atoms with Gasteiger partial charge in [0, 0.05) is 18.0 Å². The highest BCUT2D eigenvalue weighted by molar-refractivity contribution is 5.09. The lowest BCUT2D eigenvalue weighted by Crippen LogP contribution is -2.30. The van der Waals surface area contributed by atoms with Gasteiger partial charge in [-0.2, -0.15) is 0 Å². The van der Waals surface area contributed by atoms with Crippen LogP contribution in [-0.4, -0.2) is 60.0 Å². The molecular formula is C22H42N2O2. The molecular weight excluding hydrogens is 324 g/mol. The Morgan fingerprint density at radius 1 is 1.12 bits per heavy atom. The number of hydrogen-bond donors (Lipinski definition) is 3. The fourth-order valence-corrected chi connectivity index (χ4v) is 4.78. The van der Waals surface area contributed by atoms with E-state index >= 15 is 0 Å². The molecule has 1 heterocycles. The Balaban J connectivity index is 1.72. The van der Waals surface area contributed by atoms with E-state index in [9.17, 15) is 10.2 Å². The number of nitrogens with zero attached hydrogens (tertiary/aromatic N) is 1. The van der Waals surface area contributed by atoms with E-state index in [0.717, 1.165) is 19.3 Å². The van der Waals surface area contributed by atoms with Crippen molar-refractivity contribution in [2.24, 2.45) is 11.8 Å². The minimum absolute atomic E-state index is 0.215. The van der Waals surface area contributed by atoms with Crippen molar-refractivity contribution in [3.8, 4) is 0 Å². The maximum atomic E-state index is 10.4. The minimum Gasteiger partial charge on any atom is -0.392 e. The molecule has 0 radical (unpaired) electrons. The number of rotatable bonds is 12. The normalized spacial score (nSPS) is 32.6. The molecule has 0 aromatic heterocycles. The Labute approximate surface area is 161 Å². The predicted octanol–water partition coefficient (Wildman–Crippen LogP) is 3.33. The quantitative estimate of drug-likeness (QED) is 0.366. The summed E-state index contributed by atoms with van der Waals surface area (Å²) in [6.45, 7) is 3.37. The molecule has 2 aliphatic rings. The average Bonchev–Trinajstić information content (AvgIpc) is 3.09. The van der Waals surface area contributed by atoms with Crippen molar-refractivity contribution in [1.82, 2.24) is 10.2 Å². The molecule has 1 aliphatic heterocycles. The minimum atomic E-state index is -0.352. The Morgan fingerprint density at radius 2 is 1.92 bits per heavy atom. The third-order valence-corrected chi connectivity index (χ3v) is 6.27. The molecule has 0 amide bonds. The first kappa shape index (κ1) is 21.9. The van der Waals surface area contributed by atoms with Gasteiger partial charge < -0.3 is 20.4 Å². The summed E-state index contributed by atoms with van der Waals surface area (Å²) in [5.74, 6) is 0.753. The van der Waals surface area contributed by atoms with Crippen LogP contribution in [0.2, 0.25) is 0 Å². The van der Waals surface area contributed by atoms with E-state index in [1.54, 1.807) is 0 Å². The number of hydrogen-bond acceptors (Lipinski definition) is 4. The van der Waals surface area contributed by atoms with Gasteiger partial charge in [-0.25, -0.2) is 0 Å². The molecule has 0 bridgehead atoms. The molecule has 1 saturated heterocycles. The molecule has 0 aromatic rings. The molecule has 3 N–H and O–H groups in total. The van der Waals surface area contributed by atoms with Crippen molar-refractivity contribution in [2.45, 2.75) is 95.4 Å². The second-order valence-corrected chi connectivity index (χ2v) is 8.85. The van der Waals surface area contributed by atoms with E-state index in [4.69, 9.17) is 0 Å². The van der Waals surface area contributed by atoms with Crippen LogP contribution in [0.3, 0.4) is 0 Å². The molecule has 152 valence electrons. The third-order valence-electron chi connectivity index (χ3n) is 6.27. The van der Waals surface area contributed by atoms with Crippen LogP contribution < -0.4 is 5.32 Å². The molecule has 2 fully saturated rings. The van der Waals surface area contributed by atoms with E-state index in [0.29, 0.717) is 18.0 Å². The first-order valence-corrected chi connectivity index (χ1v) is 11.0. The molecule has 6 atom stereocenters. The summed E-state index contributed by atoms with van der Waals surface area (Å²) in [7, 11) is 4.28. The zero-order valence-electron chi connectivity index (χ0n) is 17.2. The molecule has 4 heteroatoms. The van der Waals surface area contributed by atoms with Gasteiger partial charge in [-0.05, 0) is 58.7 Å². The molecule has 1 saturated carbocycles. The maximum Gasteiger partial charge on any atom is 0.0721 e. The number of nitrogens with one attached hydrogen (secondary N) is 1. The summed E-state index contributed by atoms with van der Waals surface area (Å²) in [6, 6.07) is 1.07. The van der Waals surface area contributed by atoms with Gasteiger partial charge in [0.05, 0.1) is 12.2 Å². The van der Waals surface area contributed by atoms with E-state index < -0.39 is 0 Å². The second kappa shape index (κ2) is 11.4.